The average molecular weight is 256 g/mol. The quantitative estimate of drug-likeness (QED) is 0.848. The van der Waals surface area contributed by atoms with E-state index in [2.05, 4.69) is 12.2 Å². The zero-order chi connectivity index (χ0) is 13.1. The van der Waals surface area contributed by atoms with E-state index in [9.17, 15) is 5.11 Å². The van der Waals surface area contributed by atoms with Crippen LogP contribution < -0.4 is 5.32 Å². The first-order valence-corrected chi connectivity index (χ1v) is 6.39. The first-order valence-electron chi connectivity index (χ1n) is 6.02. The molecule has 0 amide bonds. The van der Waals surface area contributed by atoms with Gasteiger partial charge in [0.25, 0.3) is 0 Å². The summed E-state index contributed by atoms with van der Waals surface area (Å²) in [6.07, 6.45) is 0.928. The van der Waals surface area contributed by atoms with Gasteiger partial charge >= 0.3 is 0 Å². The average Bonchev–Trinajstić information content (AvgIpc) is 2.20. The molecule has 3 heteroatoms. The molecule has 0 bridgehead atoms. The summed E-state index contributed by atoms with van der Waals surface area (Å²) >= 11 is 5.84. The fourth-order valence-corrected chi connectivity index (χ4v) is 1.79. The van der Waals surface area contributed by atoms with Crippen LogP contribution in [-0.2, 0) is 6.42 Å². The molecule has 0 aliphatic carbocycles. The van der Waals surface area contributed by atoms with Crippen LogP contribution in [0, 0.1) is 0 Å². The highest BCUT2D eigenvalue weighted by Gasteiger charge is 2.23. The molecule has 0 aromatic heterocycles. The predicted molar refractivity (Wildman–Crippen MR) is 73.5 cm³/mol. The van der Waals surface area contributed by atoms with E-state index in [1.165, 1.54) is 5.56 Å². The lowest BCUT2D eigenvalue weighted by molar-refractivity contribution is 0.0406. The summed E-state index contributed by atoms with van der Waals surface area (Å²) in [5.41, 5.74) is 0.547. The van der Waals surface area contributed by atoms with Crippen molar-refractivity contribution in [2.45, 2.75) is 51.8 Å². The molecular weight excluding hydrogens is 234 g/mol. The molecular formula is C14H22ClNO. The van der Waals surface area contributed by atoms with Crippen molar-refractivity contribution in [2.75, 3.05) is 0 Å². The summed E-state index contributed by atoms with van der Waals surface area (Å²) in [5.74, 6) is 0. The molecule has 2 nitrogen and oxygen atoms in total. The Bertz CT molecular complexity index is 342. The van der Waals surface area contributed by atoms with E-state index in [1.807, 2.05) is 45.0 Å². The van der Waals surface area contributed by atoms with E-state index < -0.39 is 5.60 Å². The molecule has 0 heterocycles. The molecule has 0 saturated heterocycles. The third-order valence-corrected chi connectivity index (χ3v) is 3.30. The number of hydrogen-bond donors (Lipinski definition) is 2. The monoisotopic (exact) mass is 255 g/mol. The van der Waals surface area contributed by atoms with Crippen molar-refractivity contribution in [3.05, 3.63) is 34.9 Å². The van der Waals surface area contributed by atoms with Crippen LogP contribution in [0.15, 0.2) is 24.3 Å². The van der Waals surface area contributed by atoms with Gasteiger partial charge in [0, 0.05) is 17.1 Å². The van der Waals surface area contributed by atoms with Gasteiger partial charge in [-0.3, -0.25) is 0 Å². The summed E-state index contributed by atoms with van der Waals surface area (Å²) in [5, 5.41) is 14.0. The summed E-state index contributed by atoms with van der Waals surface area (Å²) in [6, 6.07) is 8.26. The molecule has 96 valence electrons. The topological polar surface area (TPSA) is 32.3 Å². The van der Waals surface area contributed by atoms with Gasteiger partial charge in [0.2, 0.25) is 0 Å². The van der Waals surface area contributed by atoms with Crippen LogP contribution in [0.4, 0.5) is 0 Å². The van der Waals surface area contributed by atoms with Crippen molar-refractivity contribution in [1.29, 1.82) is 0 Å². The highest BCUT2D eigenvalue weighted by molar-refractivity contribution is 6.30. The summed E-state index contributed by atoms with van der Waals surface area (Å²) in [7, 11) is 0. The van der Waals surface area contributed by atoms with Crippen LogP contribution in [0.3, 0.4) is 0 Å². The summed E-state index contributed by atoms with van der Waals surface area (Å²) < 4.78 is 0. The molecule has 17 heavy (non-hydrogen) atoms. The SMILES string of the molecule is CC(Cc1ccc(Cl)cc1)NC(C)C(C)(C)O. The molecule has 0 saturated carbocycles. The van der Waals surface area contributed by atoms with Crippen LogP contribution >= 0.6 is 11.6 Å². The van der Waals surface area contributed by atoms with Gasteiger partial charge in [-0.1, -0.05) is 23.7 Å². The van der Waals surface area contributed by atoms with Gasteiger partial charge in [-0.25, -0.2) is 0 Å². The Hall–Kier alpha value is -0.570. The third-order valence-electron chi connectivity index (χ3n) is 3.05. The molecule has 2 N–H and O–H groups in total. The second-order valence-corrected chi connectivity index (χ2v) is 5.71. The largest absolute Gasteiger partial charge is 0.389 e. The maximum absolute atomic E-state index is 9.86. The van der Waals surface area contributed by atoms with Gasteiger partial charge in [0.1, 0.15) is 0 Å². The number of benzene rings is 1. The Morgan fingerprint density at radius 1 is 1.24 bits per heavy atom. The first-order chi connectivity index (χ1) is 7.79. The number of aliphatic hydroxyl groups is 1. The second kappa shape index (κ2) is 5.85. The van der Waals surface area contributed by atoms with E-state index in [0.29, 0.717) is 6.04 Å². The van der Waals surface area contributed by atoms with E-state index in [4.69, 9.17) is 11.6 Å². The second-order valence-electron chi connectivity index (χ2n) is 5.27. The molecule has 2 atom stereocenters. The normalized spacial score (nSPS) is 15.6. The molecule has 1 aromatic carbocycles. The Kier molecular flexibility index (Phi) is 4.99. The van der Waals surface area contributed by atoms with Crippen LogP contribution in [0.2, 0.25) is 5.02 Å². The van der Waals surface area contributed by atoms with Crippen molar-refractivity contribution in [2.24, 2.45) is 0 Å². The number of rotatable bonds is 5. The van der Waals surface area contributed by atoms with Crippen molar-refractivity contribution >= 4 is 11.6 Å². The zero-order valence-corrected chi connectivity index (χ0v) is 11.8. The van der Waals surface area contributed by atoms with Gasteiger partial charge in [-0.15, -0.1) is 0 Å². The van der Waals surface area contributed by atoms with E-state index in [0.717, 1.165) is 11.4 Å². The molecule has 0 aliphatic rings. The van der Waals surface area contributed by atoms with Gasteiger partial charge in [0.05, 0.1) is 5.60 Å². The first kappa shape index (κ1) is 14.5. The van der Waals surface area contributed by atoms with Crippen molar-refractivity contribution in [3.63, 3.8) is 0 Å². The Balaban J connectivity index is 2.50. The van der Waals surface area contributed by atoms with Crippen molar-refractivity contribution in [1.82, 2.24) is 5.32 Å². The van der Waals surface area contributed by atoms with E-state index in [1.54, 1.807) is 0 Å². The highest BCUT2D eigenvalue weighted by atomic mass is 35.5. The van der Waals surface area contributed by atoms with Gasteiger partial charge in [-0.2, -0.15) is 0 Å². The molecule has 0 aliphatic heterocycles. The highest BCUT2D eigenvalue weighted by Crippen LogP contribution is 2.13. The summed E-state index contributed by atoms with van der Waals surface area (Å²) in [6.45, 7) is 7.76. The van der Waals surface area contributed by atoms with Gasteiger partial charge in [0.15, 0.2) is 0 Å². The minimum Gasteiger partial charge on any atom is -0.389 e. The van der Waals surface area contributed by atoms with Crippen LogP contribution in [0.1, 0.15) is 33.3 Å². The van der Waals surface area contributed by atoms with Crippen molar-refractivity contribution < 1.29 is 5.11 Å². The fraction of sp³-hybridized carbons (Fsp3) is 0.571. The lowest BCUT2D eigenvalue weighted by Crippen LogP contribution is -2.48. The minimum absolute atomic E-state index is 0.0600. The minimum atomic E-state index is -0.700. The van der Waals surface area contributed by atoms with Crippen LogP contribution in [0.5, 0.6) is 0 Å². The zero-order valence-electron chi connectivity index (χ0n) is 11.0. The molecule has 1 aromatic rings. The number of nitrogens with one attached hydrogen (secondary N) is 1. The Labute approximate surface area is 109 Å². The fourth-order valence-electron chi connectivity index (χ4n) is 1.66. The van der Waals surface area contributed by atoms with Crippen LogP contribution in [0.25, 0.3) is 0 Å². The Morgan fingerprint density at radius 2 is 1.76 bits per heavy atom. The lowest BCUT2D eigenvalue weighted by atomic mass is 9.98. The predicted octanol–water partition coefficient (Wildman–Crippen LogP) is 3.02. The molecule has 0 fully saturated rings. The van der Waals surface area contributed by atoms with E-state index >= 15 is 0 Å². The summed E-state index contributed by atoms with van der Waals surface area (Å²) in [4.78, 5) is 0. The standard InChI is InChI=1S/C14H22ClNO/c1-10(16-11(2)14(3,4)17)9-12-5-7-13(15)8-6-12/h5-8,10-11,16-17H,9H2,1-4H3. The van der Waals surface area contributed by atoms with Crippen molar-refractivity contribution in [3.8, 4) is 0 Å². The number of halogens is 1. The Morgan fingerprint density at radius 3 is 2.24 bits per heavy atom. The lowest BCUT2D eigenvalue weighted by Gasteiger charge is -2.30. The maximum Gasteiger partial charge on any atom is 0.0741 e. The maximum atomic E-state index is 9.86. The smallest absolute Gasteiger partial charge is 0.0741 e. The van der Waals surface area contributed by atoms with E-state index in [-0.39, 0.29) is 6.04 Å². The van der Waals surface area contributed by atoms with Gasteiger partial charge < -0.3 is 10.4 Å². The third kappa shape index (κ3) is 5.07. The molecule has 0 spiro atoms. The molecule has 2 unspecified atom stereocenters. The van der Waals surface area contributed by atoms with Crippen LogP contribution in [-0.4, -0.2) is 22.8 Å². The van der Waals surface area contributed by atoms with Gasteiger partial charge in [-0.05, 0) is 51.8 Å². The molecule has 1 rings (SSSR count). The number of hydrogen-bond acceptors (Lipinski definition) is 2. The molecule has 0 radical (unpaired) electrons.